The van der Waals surface area contributed by atoms with Gasteiger partial charge in [0.15, 0.2) is 0 Å². The number of ether oxygens (including phenoxy) is 1. The van der Waals surface area contributed by atoms with E-state index in [-0.39, 0.29) is 0 Å². The first-order valence-corrected chi connectivity index (χ1v) is 8.84. The normalized spacial score (nSPS) is 21.3. The SMILES string of the molecule is c1cnc(OCC2CCCN(c3cc(C4CCC4)ncn3)C2)cn1. The standard InChI is InChI=1S/C18H23N5O/c1-4-15(5-1)16-9-17(22-13-21-16)23-8-2-3-14(11-23)12-24-18-10-19-6-7-20-18/h6-7,9-10,13-15H,1-5,8,11-12H2. The summed E-state index contributed by atoms with van der Waals surface area (Å²) in [7, 11) is 0. The van der Waals surface area contributed by atoms with E-state index in [1.54, 1.807) is 24.9 Å². The largest absolute Gasteiger partial charge is 0.476 e. The second-order valence-electron chi connectivity index (χ2n) is 6.74. The Balaban J connectivity index is 1.37. The van der Waals surface area contributed by atoms with Gasteiger partial charge in [0.05, 0.1) is 12.8 Å². The van der Waals surface area contributed by atoms with Crippen LogP contribution in [-0.4, -0.2) is 39.6 Å². The zero-order chi connectivity index (χ0) is 16.2. The highest BCUT2D eigenvalue weighted by atomic mass is 16.5. The number of hydrogen-bond acceptors (Lipinski definition) is 6. The summed E-state index contributed by atoms with van der Waals surface area (Å²) in [4.78, 5) is 19.6. The van der Waals surface area contributed by atoms with Crippen molar-refractivity contribution in [3.8, 4) is 5.88 Å². The number of aromatic nitrogens is 4. The Kier molecular flexibility index (Phi) is 4.53. The molecule has 126 valence electrons. The number of piperidine rings is 1. The van der Waals surface area contributed by atoms with Crippen LogP contribution in [0.2, 0.25) is 0 Å². The summed E-state index contributed by atoms with van der Waals surface area (Å²) in [5, 5.41) is 0. The maximum absolute atomic E-state index is 5.79. The predicted octanol–water partition coefficient (Wildman–Crippen LogP) is 2.83. The van der Waals surface area contributed by atoms with Crippen LogP contribution < -0.4 is 9.64 Å². The van der Waals surface area contributed by atoms with E-state index in [9.17, 15) is 0 Å². The van der Waals surface area contributed by atoms with Crippen LogP contribution in [-0.2, 0) is 0 Å². The molecule has 0 N–H and O–H groups in total. The molecule has 0 radical (unpaired) electrons. The van der Waals surface area contributed by atoms with Crippen LogP contribution in [0.3, 0.4) is 0 Å². The Labute approximate surface area is 142 Å². The first kappa shape index (κ1) is 15.3. The van der Waals surface area contributed by atoms with Gasteiger partial charge in [0.25, 0.3) is 0 Å². The van der Waals surface area contributed by atoms with Gasteiger partial charge in [-0.25, -0.2) is 15.0 Å². The maximum Gasteiger partial charge on any atom is 0.232 e. The van der Waals surface area contributed by atoms with Crippen molar-refractivity contribution in [2.75, 3.05) is 24.6 Å². The first-order chi connectivity index (χ1) is 11.9. The first-order valence-electron chi connectivity index (χ1n) is 8.84. The van der Waals surface area contributed by atoms with Crippen LogP contribution in [0.1, 0.15) is 43.7 Å². The summed E-state index contributed by atoms with van der Waals surface area (Å²) in [5.41, 5.74) is 1.21. The van der Waals surface area contributed by atoms with E-state index in [2.05, 4.69) is 30.9 Å². The topological polar surface area (TPSA) is 64.0 Å². The predicted molar refractivity (Wildman–Crippen MR) is 91.1 cm³/mol. The van der Waals surface area contributed by atoms with Gasteiger partial charge in [-0.3, -0.25) is 4.98 Å². The fourth-order valence-corrected chi connectivity index (χ4v) is 3.43. The van der Waals surface area contributed by atoms with Crippen molar-refractivity contribution in [1.29, 1.82) is 0 Å². The minimum Gasteiger partial charge on any atom is -0.476 e. The molecular formula is C18H23N5O. The molecule has 1 unspecified atom stereocenters. The molecule has 24 heavy (non-hydrogen) atoms. The fraction of sp³-hybridized carbons (Fsp3) is 0.556. The van der Waals surface area contributed by atoms with E-state index in [0.29, 0.717) is 24.3 Å². The van der Waals surface area contributed by atoms with Gasteiger partial charge in [-0.1, -0.05) is 6.42 Å². The quantitative estimate of drug-likeness (QED) is 0.842. The van der Waals surface area contributed by atoms with Crippen molar-refractivity contribution >= 4 is 5.82 Å². The third-order valence-corrected chi connectivity index (χ3v) is 5.05. The van der Waals surface area contributed by atoms with Gasteiger partial charge in [0, 0.05) is 49.1 Å². The average Bonchev–Trinajstić information content (AvgIpc) is 2.60. The number of hydrogen-bond donors (Lipinski definition) is 0. The smallest absolute Gasteiger partial charge is 0.232 e. The van der Waals surface area contributed by atoms with Crippen LogP contribution in [0.4, 0.5) is 5.82 Å². The second-order valence-corrected chi connectivity index (χ2v) is 6.74. The summed E-state index contributed by atoms with van der Waals surface area (Å²) in [5.74, 6) is 2.80. The molecule has 2 fully saturated rings. The van der Waals surface area contributed by atoms with Gasteiger partial charge < -0.3 is 9.64 Å². The third-order valence-electron chi connectivity index (χ3n) is 5.05. The molecule has 1 saturated carbocycles. The lowest BCUT2D eigenvalue weighted by molar-refractivity contribution is 0.220. The molecule has 2 aromatic heterocycles. The third kappa shape index (κ3) is 3.47. The van der Waals surface area contributed by atoms with E-state index < -0.39 is 0 Å². The molecule has 0 aromatic carbocycles. The molecule has 4 rings (SSSR count). The van der Waals surface area contributed by atoms with Gasteiger partial charge in [0.1, 0.15) is 12.1 Å². The van der Waals surface area contributed by atoms with Crippen LogP contribution in [0.5, 0.6) is 5.88 Å². The molecule has 6 nitrogen and oxygen atoms in total. The Morgan fingerprint density at radius 1 is 1.08 bits per heavy atom. The lowest BCUT2D eigenvalue weighted by Gasteiger charge is -2.34. The van der Waals surface area contributed by atoms with E-state index in [0.717, 1.165) is 25.3 Å². The molecule has 3 heterocycles. The molecule has 2 aromatic rings. The van der Waals surface area contributed by atoms with Gasteiger partial charge in [0.2, 0.25) is 5.88 Å². The molecule has 0 spiro atoms. The number of anilines is 1. The molecule has 2 aliphatic rings. The van der Waals surface area contributed by atoms with E-state index in [4.69, 9.17) is 4.74 Å². The lowest BCUT2D eigenvalue weighted by atomic mass is 9.83. The minimum atomic E-state index is 0.489. The molecule has 0 amide bonds. The molecular weight excluding hydrogens is 302 g/mol. The molecule has 6 heteroatoms. The average molecular weight is 325 g/mol. The monoisotopic (exact) mass is 325 g/mol. The van der Waals surface area contributed by atoms with Crippen molar-refractivity contribution < 1.29 is 4.74 Å². The molecule has 0 bridgehead atoms. The summed E-state index contributed by atoms with van der Waals surface area (Å²) in [6.45, 7) is 2.71. The molecule has 1 saturated heterocycles. The number of rotatable bonds is 5. The molecule has 1 aliphatic heterocycles. The van der Waals surface area contributed by atoms with Crippen molar-refractivity contribution in [1.82, 2.24) is 19.9 Å². The lowest BCUT2D eigenvalue weighted by Crippen LogP contribution is -2.38. The van der Waals surface area contributed by atoms with Crippen molar-refractivity contribution in [2.24, 2.45) is 5.92 Å². The van der Waals surface area contributed by atoms with Crippen LogP contribution in [0, 0.1) is 5.92 Å². The molecule has 1 aliphatic carbocycles. The van der Waals surface area contributed by atoms with Crippen LogP contribution in [0.25, 0.3) is 0 Å². The second kappa shape index (κ2) is 7.11. The number of nitrogens with zero attached hydrogens (tertiary/aromatic N) is 5. The summed E-state index contributed by atoms with van der Waals surface area (Å²) in [6, 6.07) is 2.19. The van der Waals surface area contributed by atoms with Gasteiger partial charge in [-0.15, -0.1) is 0 Å². The Bertz CT molecular complexity index is 661. The van der Waals surface area contributed by atoms with E-state index in [1.165, 1.54) is 31.4 Å². The Hall–Kier alpha value is -2.24. The van der Waals surface area contributed by atoms with Gasteiger partial charge >= 0.3 is 0 Å². The summed E-state index contributed by atoms with van der Waals surface area (Å²) in [6.07, 6.45) is 12.9. The highest BCUT2D eigenvalue weighted by Crippen LogP contribution is 2.36. The van der Waals surface area contributed by atoms with Gasteiger partial charge in [-0.05, 0) is 25.7 Å². The van der Waals surface area contributed by atoms with E-state index in [1.807, 2.05) is 0 Å². The van der Waals surface area contributed by atoms with Crippen molar-refractivity contribution in [3.05, 3.63) is 36.7 Å². The van der Waals surface area contributed by atoms with Crippen molar-refractivity contribution in [3.63, 3.8) is 0 Å². The Morgan fingerprint density at radius 2 is 2.04 bits per heavy atom. The fourth-order valence-electron chi connectivity index (χ4n) is 3.43. The highest BCUT2D eigenvalue weighted by molar-refractivity contribution is 5.40. The highest BCUT2D eigenvalue weighted by Gasteiger charge is 2.25. The molecule has 1 atom stereocenters. The zero-order valence-electron chi connectivity index (χ0n) is 13.8. The summed E-state index contributed by atoms with van der Waals surface area (Å²) >= 11 is 0. The van der Waals surface area contributed by atoms with Crippen molar-refractivity contribution in [2.45, 2.75) is 38.0 Å². The minimum absolute atomic E-state index is 0.489. The van der Waals surface area contributed by atoms with Crippen LogP contribution in [0.15, 0.2) is 31.0 Å². The summed E-state index contributed by atoms with van der Waals surface area (Å²) < 4.78 is 5.79. The maximum atomic E-state index is 5.79. The Morgan fingerprint density at radius 3 is 2.83 bits per heavy atom. The van der Waals surface area contributed by atoms with Crippen LogP contribution >= 0.6 is 0 Å². The van der Waals surface area contributed by atoms with Gasteiger partial charge in [-0.2, -0.15) is 0 Å². The van der Waals surface area contributed by atoms with E-state index >= 15 is 0 Å². The zero-order valence-corrected chi connectivity index (χ0v) is 13.8.